The first-order valence-corrected chi connectivity index (χ1v) is 8.74. The molecule has 1 heterocycles. The van der Waals surface area contributed by atoms with Gasteiger partial charge in [0.15, 0.2) is 0 Å². The fourth-order valence-electron chi connectivity index (χ4n) is 2.77. The van der Waals surface area contributed by atoms with Crippen LogP contribution in [0.25, 0.3) is 10.9 Å². The maximum Gasteiger partial charge on any atom is 0.123 e. The molecule has 4 heteroatoms. The van der Waals surface area contributed by atoms with Crippen molar-refractivity contribution in [1.29, 1.82) is 0 Å². The van der Waals surface area contributed by atoms with E-state index >= 15 is 0 Å². The molecule has 3 nitrogen and oxygen atoms in total. The minimum Gasteiger partial charge on any atom is -0.494 e. The second kappa shape index (κ2) is 7.66. The van der Waals surface area contributed by atoms with Crippen molar-refractivity contribution in [1.82, 2.24) is 10.3 Å². The molecule has 3 aromatic rings. The minimum absolute atomic E-state index is 0.684. The highest BCUT2D eigenvalue weighted by Crippen LogP contribution is 2.23. The lowest BCUT2D eigenvalue weighted by atomic mass is 10.1. The summed E-state index contributed by atoms with van der Waals surface area (Å²) in [5.41, 5.74) is 3.74. The number of hydrogen-bond acceptors (Lipinski definition) is 2. The molecule has 1 aromatic heterocycles. The van der Waals surface area contributed by atoms with E-state index in [4.69, 9.17) is 4.74 Å². The van der Waals surface area contributed by atoms with Gasteiger partial charge in [0.25, 0.3) is 0 Å². The standard InChI is InChI=1S/C19H21BrN2O/c1-2-23-19-8-7-16(20)11-15(19)12-21-10-9-14-13-22-18-6-4-3-5-17(14)18/h3-8,11,13,21-22H,2,9-10,12H2,1H3. The maximum atomic E-state index is 5.69. The van der Waals surface area contributed by atoms with E-state index in [1.807, 2.05) is 19.1 Å². The van der Waals surface area contributed by atoms with Crippen molar-refractivity contribution in [3.05, 3.63) is 64.3 Å². The van der Waals surface area contributed by atoms with E-state index in [-0.39, 0.29) is 0 Å². The van der Waals surface area contributed by atoms with E-state index in [0.29, 0.717) is 6.61 Å². The predicted molar refractivity (Wildman–Crippen MR) is 99.0 cm³/mol. The van der Waals surface area contributed by atoms with Crippen LogP contribution in [0.5, 0.6) is 5.75 Å². The Morgan fingerprint density at radius 1 is 1.13 bits per heavy atom. The van der Waals surface area contributed by atoms with Crippen LogP contribution in [-0.4, -0.2) is 18.1 Å². The minimum atomic E-state index is 0.684. The van der Waals surface area contributed by atoms with Crippen molar-refractivity contribution in [2.24, 2.45) is 0 Å². The van der Waals surface area contributed by atoms with Crippen molar-refractivity contribution in [3.63, 3.8) is 0 Å². The molecule has 0 aliphatic carbocycles. The molecule has 2 N–H and O–H groups in total. The predicted octanol–water partition coefficient (Wildman–Crippen LogP) is 4.66. The molecule has 0 radical (unpaired) electrons. The molecule has 2 aromatic carbocycles. The number of fused-ring (bicyclic) bond motifs is 1. The summed E-state index contributed by atoms with van der Waals surface area (Å²) in [4.78, 5) is 3.33. The smallest absolute Gasteiger partial charge is 0.123 e. The molecule has 0 unspecified atom stereocenters. The van der Waals surface area contributed by atoms with Gasteiger partial charge in [-0.2, -0.15) is 0 Å². The SMILES string of the molecule is CCOc1ccc(Br)cc1CNCCc1c[nH]c2ccccc12. The van der Waals surface area contributed by atoms with Crippen LogP contribution in [0.15, 0.2) is 53.1 Å². The number of halogens is 1. The molecule has 0 saturated heterocycles. The van der Waals surface area contributed by atoms with Crippen LogP contribution >= 0.6 is 15.9 Å². The molecule has 0 bridgehead atoms. The lowest BCUT2D eigenvalue weighted by Crippen LogP contribution is -2.17. The van der Waals surface area contributed by atoms with Gasteiger partial charge in [-0.1, -0.05) is 34.1 Å². The second-order valence-corrected chi connectivity index (χ2v) is 6.39. The van der Waals surface area contributed by atoms with Crippen LogP contribution in [-0.2, 0) is 13.0 Å². The van der Waals surface area contributed by atoms with E-state index in [0.717, 1.165) is 29.7 Å². The summed E-state index contributed by atoms with van der Waals surface area (Å²) in [6, 6.07) is 14.6. The van der Waals surface area contributed by atoms with E-state index in [1.54, 1.807) is 0 Å². The van der Waals surface area contributed by atoms with Crippen LogP contribution < -0.4 is 10.1 Å². The Balaban J connectivity index is 1.58. The molecule has 120 valence electrons. The summed E-state index contributed by atoms with van der Waals surface area (Å²) in [5.74, 6) is 0.954. The van der Waals surface area contributed by atoms with Crippen molar-refractivity contribution in [2.75, 3.05) is 13.2 Å². The van der Waals surface area contributed by atoms with Crippen molar-refractivity contribution in [3.8, 4) is 5.75 Å². The summed E-state index contributed by atoms with van der Waals surface area (Å²) in [5, 5.41) is 4.83. The highest BCUT2D eigenvalue weighted by molar-refractivity contribution is 9.10. The van der Waals surface area contributed by atoms with Crippen LogP contribution in [0.4, 0.5) is 0 Å². The zero-order valence-electron chi connectivity index (χ0n) is 13.2. The number of aromatic amines is 1. The molecule has 0 saturated carbocycles. The summed E-state index contributed by atoms with van der Waals surface area (Å²) in [6.07, 6.45) is 3.11. The number of ether oxygens (including phenoxy) is 1. The largest absolute Gasteiger partial charge is 0.494 e. The highest BCUT2D eigenvalue weighted by Gasteiger charge is 2.05. The Morgan fingerprint density at radius 2 is 2.00 bits per heavy atom. The first kappa shape index (κ1) is 16.1. The normalized spacial score (nSPS) is 11.0. The number of hydrogen-bond donors (Lipinski definition) is 2. The quantitative estimate of drug-likeness (QED) is 0.591. The van der Waals surface area contributed by atoms with Crippen LogP contribution in [0.1, 0.15) is 18.1 Å². The zero-order chi connectivity index (χ0) is 16.1. The first-order valence-electron chi connectivity index (χ1n) is 7.95. The number of rotatable bonds is 7. The van der Waals surface area contributed by atoms with Gasteiger partial charge in [-0.05, 0) is 49.7 Å². The van der Waals surface area contributed by atoms with Crippen LogP contribution in [0, 0.1) is 0 Å². The van der Waals surface area contributed by atoms with Gasteiger partial charge in [-0.3, -0.25) is 0 Å². The average molecular weight is 373 g/mol. The zero-order valence-corrected chi connectivity index (χ0v) is 14.8. The molecule has 0 aliphatic rings. The number of H-pyrrole nitrogens is 1. The molecular formula is C19H21BrN2O. The Bertz CT molecular complexity index is 782. The number of aromatic nitrogens is 1. The highest BCUT2D eigenvalue weighted by atomic mass is 79.9. The lowest BCUT2D eigenvalue weighted by molar-refractivity contribution is 0.335. The summed E-state index contributed by atoms with van der Waals surface area (Å²) < 4.78 is 6.76. The number of nitrogens with one attached hydrogen (secondary N) is 2. The molecule has 0 spiro atoms. The number of para-hydroxylation sites is 1. The van der Waals surface area contributed by atoms with Crippen LogP contribution in [0.2, 0.25) is 0 Å². The molecule has 23 heavy (non-hydrogen) atoms. The fraction of sp³-hybridized carbons (Fsp3) is 0.263. The van der Waals surface area contributed by atoms with Gasteiger partial charge in [-0.25, -0.2) is 0 Å². The Kier molecular flexibility index (Phi) is 5.36. The molecular weight excluding hydrogens is 352 g/mol. The van der Waals surface area contributed by atoms with Gasteiger partial charge in [-0.15, -0.1) is 0 Å². The van der Waals surface area contributed by atoms with Crippen molar-refractivity contribution < 1.29 is 4.74 Å². The second-order valence-electron chi connectivity index (χ2n) is 5.47. The molecule has 0 atom stereocenters. The summed E-state index contributed by atoms with van der Waals surface area (Å²) in [7, 11) is 0. The summed E-state index contributed by atoms with van der Waals surface area (Å²) >= 11 is 3.53. The fourth-order valence-corrected chi connectivity index (χ4v) is 3.18. The van der Waals surface area contributed by atoms with Crippen molar-refractivity contribution >= 4 is 26.8 Å². The first-order chi connectivity index (χ1) is 11.3. The van der Waals surface area contributed by atoms with Crippen molar-refractivity contribution in [2.45, 2.75) is 19.9 Å². The molecule has 3 rings (SSSR count). The third-order valence-corrected chi connectivity index (χ3v) is 4.38. The molecule has 0 fully saturated rings. The van der Waals surface area contributed by atoms with E-state index < -0.39 is 0 Å². The van der Waals surface area contributed by atoms with Crippen LogP contribution in [0.3, 0.4) is 0 Å². The topological polar surface area (TPSA) is 37.0 Å². The van der Waals surface area contributed by atoms with Gasteiger partial charge >= 0.3 is 0 Å². The van der Waals surface area contributed by atoms with Gasteiger partial charge in [0.1, 0.15) is 5.75 Å². The maximum absolute atomic E-state index is 5.69. The van der Waals surface area contributed by atoms with Gasteiger partial charge in [0.05, 0.1) is 6.61 Å². The molecule has 0 amide bonds. The monoisotopic (exact) mass is 372 g/mol. The van der Waals surface area contributed by atoms with E-state index in [2.05, 4.69) is 62.8 Å². The average Bonchev–Trinajstić information content (AvgIpc) is 2.97. The third kappa shape index (κ3) is 3.95. The molecule has 0 aliphatic heterocycles. The lowest BCUT2D eigenvalue weighted by Gasteiger charge is -2.11. The Labute approximate surface area is 145 Å². The Morgan fingerprint density at radius 3 is 2.87 bits per heavy atom. The van der Waals surface area contributed by atoms with E-state index in [9.17, 15) is 0 Å². The van der Waals surface area contributed by atoms with Gasteiger partial charge < -0.3 is 15.0 Å². The van der Waals surface area contributed by atoms with Gasteiger partial charge in [0, 0.05) is 33.7 Å². The third-order valence-electron chi connectivity index (χ3n) is 3.88. The summed E-state index contributed by atoms with van der Waals surface area (Å²) in [6.45, 7) is 4.43. The van der Waals surface area contributed by atoms with Gasteiger partial charge in [0.2, 0.25) is 0 Å². The van der Waals surface area contributed by atoms with E-state index in [1.165, 1.54) is 22.0 Å². The Hall–Kier alpha value is -1.78. The number of benzene rings is 2.